The summed E-state index contributed by atoms with van der Waals surface area (Å²) in [6.45, 7) is 0.0720. The Bertz CT molecular complexity index is 1230. The zero-order chi connectivity index (χ0) is 24.2. The van der Waals surface area contributed by atoms with Crippen molar-refractivity contribution in [1.29, 1.82) is 0 Å². The number of halogens is 2. The van der Waals surface area contributed by atoms with E-state index in [2.05, 4.69) is 0 Å². The van der Waals surface area contributed by atoms with Crippen LogP contribution in [0, 0.1) is 5.82 Å². The van der Waals surface area contributed by atoms with Crippen LogP contribution in [0.4, 0.5) is 4.39 Å². The minimum atomic E-state index is -3.98. The molecule has 0 aliphatic carbocycles. The third kappa shape index (κ3) is 5.52. The molecule has 0 aliphatic rings. The lowest BCUT2D eigenvalue weighted by Gasteiger charge is -2.21. The van der Waals surface area contributed by atoms with E-state index in [4.69, 9.17) is 16.3 Å². The summed E-state index contributed by atoms with van der Waals surface area (Å²) in [5, 5.41) is 0.204. The predicted molar refractivity (Wildman–Crippen MR) is 125 cm³/mol. The summed E-state index contributed by atoms with van der Waals surface area (Å²) in [5.74, 6) is -0.895. The van der Waals surface area contributed by atoms with Gasteiger partial charge in [-0.05, 0) is 35.9 Å². The number of methoxy groups -OCH3 is 1. The molecule has 0 saturated carbocycles. The van der Waals surface area contributed by atoms with Crippen molar-refractivity contribution in [2.45, 2.75) is 18.0 Å². The van der Waals surface area contributed by atoms with E-state index in [0.29, 0.717) is 0 Å². The van der Waals surface area contributed by atoms with Gasteiger partial charge in [-0.15, -0.1) is 0 Å². The summed E-state index contributed by atoms with van der Waals surface area (Å²) in [4.78, 5) is 14.2. The van der Waals surface area contributed by atoms with Gasteiger partial charge in [-0.25, -0.2) is 12.8 Å². The van der Waals surface area contributed by atoms with Crippen molar-refractivity contribution in [3.05, 3.63) is 94.3 Å². The first kappa shape index (κ1) is 24.7. The maximum absolute atomic E-state index is 14.1. The fourth-order valence-electron chi connectivity index (χ4n) is 3.32. The monoisotopic (exact) mass is 490 g/mol. The molecule has 0 N–H and O–H groups in total. The molecular formula is C24H24ClFN2O4S. The van der Waals surface area contributed by atoms with E-state index < -0.39 is 21.7 Å². The summed E-state index contributed by atoms with van der Waals surface area (Å²) in [7, 11) is 0.335. The number of carbonyl (C=O) groups excluding carboxylic acids is 1. The van der Waals surface area contributed by atoms with E-state index in [1.165, 1.54) is 60.7 Å². The fourth-order valence-corrected chi connectivity index (χ4v) is 4.88. The van der Waals surface area contributed by atoms with Gasteiger partial charge in [-0.1, -0.05) is 48.0 Å². The predicted octanol–water partition coefficient (Wildman–Crippen LogP) is 4.58. The second-order valence-electron chi connectivity index (χ2n) is 7.47. The number of nitrogens with zero attached hydrogens (tertiary/aromatic N) is 2. The Kier molecular flexibility index (Phi) is 7.73. The number of hydrogen-bond donors (Lipinski definition) is 0. The number of rotatable bonds is 8. The second kappa shape index (κ2) is 10.3. The number of carbonyl (C=O) groups is 1. The molecule has 6 nitrogen and oxygen atoms in total. The average Bonchev–Trinajstić information content (AvgIpc) is 2.81. The molecule has 3 aromatic rings. The van der Waals surface area contributed by atoms with Gasteiger partial charge in [0.15, 0.2) is 0 Å². The van der Waals surface area contributed by atoms with Gasteiger partial charge in [-0.2, -0.15) is 4.31 Å². The van der Waals surface area contributed by atoms with Gasteiger partial charge >= 0.3 is 0 Å². The molecule has 0 spiro atoms. The molecule has 33 heavy (non-hydrogen) atoms. The molecule has 3 aromatic carbocycles. The molecule has 0 atom stereocenters. The first-order chi connectivity index (χ1) is 15.6. The largest absolute Gasteiger partial charge is 0.495 e. The van der Waals surface area contributed by atoms with Crippen molar-refractivity contribution in [3.63, 3.8) is 0 Å². The molecule has 0 radical (unpaired) electrons. The maximum atomic E-state index is 14.1. The maximum Gasteiger partial charge on any atom is 0.253 e. The summed E-state index contributed by atoms with van der Waals surface area (Å²) in [6, 6.07) is 17.6. The van der Waals surface area contributed by atoms with Crippen LogP contribution in [0.2, 0.25) is 5.02 Å². The number of sulfonamides is 1. The molecule has 0 fully saturated rings. The van der Waals surface area contributed by atoms with E-state index in [1.807, 2.05) is 30.3 Å². The van der Waals surface area contributed by atoms with Crippen molar-refractivity contribution < 1.29 is 22.3 Å². The van der Waals surface area contributed by atoms with Gasteiger partial charge < -0.3 is 9.64 Å². The molecule has 3 rings (SSSR count). The third-order valence-corrected chi connectivity index (χ3v) is 7.33. The van der Waals surface area contributed by atoms with Crippen LogP contribution in [0.1, 0.15) is 21.5 Å². The molecular weight excluding hydrogens is 467 g/mol. The third-order valence-electron chi connectivity index (χ3n) is 5.15. The van der Waals surface area contributed by atoms with E-state index in [-0.39, 0.29) is 39.9 Å². The molecule has 0 bridgehead atoms. The van der Waals surface area contributed by atoms with Crippen LogP contribution in [-0.4, -0.2) is 44.7 Å². The van der Waals surface area contributed by atoms with Gasteiger partial charge in [0, 0.05) is 43.3 Å². The van der Waals surface area contributed by atoms with Gasteiger partial charge in [0.25, 0.3) is 5.91 Å². The van der Waals surface area contributed by atoms with Gasteiger partial charge in [0.05, 0.1) is 7.11 Å². The summed E-state index contributed by atoms with van der Waals surface area (Å²) in [5.41, 5.74) is 1.12. The Morgan fingerprint density at radius 1 is 1.00 bits per heavy atom. The zero-order valence-electron chi connectivity index (χ0n) is 18.5. The standard InChI is InChI=1S/C24H24ClFN2O4S/c1-27(16-19-20(25)10-7-11-21(19)26)24(29)18-12-13-22(32-3)23(14-18)33(30,31)28(2)15-17-8-5-4-6-9-17/h4-14H,15-16H2,1-3H3. The normalized spacial score (nSPS) is 11.5. The summed E-state index contributed by atoms with van der Waals surface area (Å²) < 4.78 is 47.2. The van der Waals surface area contributed by atoms with E-state index >= 15 is 0 Å². The van der Waals surface area contributed by atoms with Crippen molar-refractivity contribution >= 4 is 27.5 Å². The van der Waals surface area contributed by atoms with Crippen LogP contribution >= 0.6 is 11.6 Å². The quantitative estimate of drug-likeness (QED) is 0.463. The lowest BCUT2D eigenvalue weighted by molar-refractivity contribution is 0.0783. The Morgan fingerprint density at radius 3 is 2.33 bits per heavy atom. The van der Waals surface area contributed by atoms with E-state index in [1.54, 1.807) is 6.07 Å². The zero-order valence-corrected chi connectivity index (χ0v) is 20.0. The van der Waals surface area contributed by atoms with E-state index in [9.17, 15) is 17.6 Å². The Labute approximate surface area is 198 Å². The van der Waals surface area contributed by atoms with Gasteiger partial charge in [-0.3, -0.25) is 4.79 Å². The van der Waals surface area contributed by atoms with Crippen LogP contribution in [0.25, 0.3) is 0 Å². The topological polar surface area (TPSA) is 66.9 Å². The SMILES string of the molecule is COc1ccc(C(=O)N(C)Cc2c(F)cccc2Cl)cc1S(=O)(=O)N(C)Cc1ccccc1. The van der Waals surface area contributed by atoms with Crippen LogP contribution < -0.4 is 4.74 Å². The first-order valence-electron chi connectivity index (χ1n) is 10.0. The molecule has 0 saturated heterocycles. The van der Waals surface area contributed by atoms with E-state index in [0.717, 1.165) is 5.56 Å². The molecule has 0 unspecified atom stereocenters. The second-order valence-corrected chi connectivity index (χ2v) is 9.89. The van der Waals surface area contributed by atoms with Crippen molar-refractivity contribution in [2.24, 2.45) is 0 Å². The molecule has 0 aliphatic heterocycles. The van der Waals surface area contributed by atoms with Crippen LogP contribution in [0.3, 0.4) is 0 Å². The Hall–Kier alpha value is -2.94. The molecule has 174 valence electrons. The highest BCUT2D eigenvalue weighted by atomic mass is 35.5. The minimum Gasteiger partial charge on any atom is -0.495 e. The minimum absolute atomic E-state index is 0.0770. The highest BCUT2D eigenvalue weighted by Crippen LogP contribution is 2.29. The van der Waals surface area contributed by atoms with Crippen LogP contribution in [-0.2, 0) is 23.1 Å². The molecule has 0 aromatic heterocycles. The molecule has 0 heterocycles. The first-order valence-corrected chi connectivity index (χ1v) is 11.8. The smallest absolute Gasteiger partial charge is 0.253 e. The number of benzene rings is 3. The number of ether oxygens (including phenoxy) is 1. The summed E-state index contributed by atoms with van der Waals surface area (Å²) >= 11 is 6.07. The van der Waals surface area contributed by atoms with Gasteiger partial charge in [0.1, 0.15) is 16.5 Å². The molecule has 1 amide bonds. The Balaban J connectivity index is 1.90. The number of amides is 1. The average molecular weight is 491 g/mol. The van der Waals surface area contributed by atoms with Crippen LogP contribution in [0.15, 0.2) is 71.6 Å². The Morgan fingerprint density at radius 2 is 1.70 bits per heavy atom. The van der Waals surface area contributed by atoms with Crippen molar-refractivity contribution in [2.75, 3.05) is 21.2 Å². The van der Waals surface area contributed by atoms with Crippen molar-refractivity contribution in [3.8, 4) is 5.75 Å². The van der Waals surface area contributed by atoms with Gasteiger partial charge in [0.2, 0.25) is 10.0 Å². The molecule has 9 heteroatoms. The van der Waals surface area contributed by atoms with Crippen LogP contribution in [0.5, 0.6) is 5.75 Å². The number of hydrogen-bond acceptors (Lipinski definition) is 4. The lowest BCUT2D eigenvalue weighted by Crippen LogP contribution is -2.29. The van der Waals surface area contributed by atoms with Crippen molar-refractivity contribution in [1.82, 2.24) is 9.21 Å². The highest BCUT2D eigenvalue weighted by molar-refractivity contribution is 7.89. The lowest BCUT2D eigenvalue weighted by atomic mass is 10.1. The highest BCUT2D eigenvalue weighted by Gasteiger charge is 2.27. The fraction of sp³-hybridized carbons (Fsp3) is 0.208. The summed E-state index contributed by atoms with van der Waals surface area (Å²) in [6.07, 6.45) is 0.